The SMILES string of the molecule is O=C(ON1C(=O)c2ccccc2C1=O)c1ccc(I)cc1. The lowest BCUT2D eigenvalue weighted by molar-refractivity contribution is -0.0584. The van der Waals surface area contributed by atoms with E-state index in [9.17, 15) is 14.4 Å². The number of imide groups is 1. The van der Waals surface area contributed by atoms with E-state index in [0.29, 0.717) is 5.06 Å². The van der Waals surface area contributed by atoms with Gasteiger partial charge in [-0.25, -0.2) is 4.79 Å². The summed E-state index contributed by atoms with van der Waals surface area (Å²) in [5, 5.41) is 0.505. The first-order valence-corrected chi connectivity index (χ1v) is 7.11. The minimum atomic E-state index is -0.749. The van der Waals surface area contributed by atoms with Gasteiger partial charge in [0.05, 0.1) is 16.7 Å². The molecular formula is C15H8INO4. The summed E-state index contributed by atoms with van der Waals surface area (Å²) in [6.07, 6.45) is 0. The van der Waals surface area contributed by atoms with E-state index in [2.05, 4.69) is 22.6 Å². The van der Waals surface area contributed by atoms with Crippen molar-refractivity contribution in [2.45, 2.75) is 0 Å². The molecule has 0 unspecified atom stereocenters. The second-order valence-corrected chi connectivity index (χ2v) is 5.58. The molecule has 0 fully saturated rings. The standard InChI is InChI=1S/C15H8INO4/c16-10-7-5-9(6-8-10)15(20)21-17-13(18)11-3-1-2-4-12(11)14(17)19/h1-8H. The highest BCUT2D eigenvalue weighted by Gasteiger charge is 2.38. The van der Waals surface area contributed by atoms with Crippen LogP contribution in [0.5, 0.6) is 0 Å². The molecule has 0 saturated heterocycles. The molecule has 0 bridgehead atoms. The van der Waals surface area contributed by atoms with Gasteiger partial charge in [0, 0.05) is 3.57 Å². The van der Waals surface area contributed by atoms with Gasteiger partial charge in [0.25, 0.3) is 11.8 Å². The van der Waals surface area contributed by atoms with Crippen LogP contribution >= 0.6 is 22.6 Å². The van der Waals surface area contributed by atoms with Crippen molar-refractivity contribution in [2.75, 3.05) is 0 Å². The molecule has 3 rings (SSSR count). The van der Waals surface area contributed by atoms with Crippen LogP contribution < -0.4 is 0 Å². The van der Waals surface area contributed by atoms with Crippen molar-refractivity contribution in [1.29, 1.82) is 0 Å². The number of carbonyl (C=O) groups is 3. The highest BCUT2D eigenvalue weighted by Crippen LogP contribution is 2.23. The van der Waals surface area contributed by atoms with Crippen molar-refractivity contribution >= 4 is 40.4 Å². The van der Waals surface area contributed by atoms with E-state index < -0.39 is 17.8 Å². The van der Waals surface area contributed by atoms with Crippen LogP contribution in [0.15, 0.2) is 48.5 Å². The molecule has 2 aromatic carbocycles. The molecular weight excluding hydrogens is 385 g/mol. The molecule has 21 heavy (non-hydrogen) atoms. The van der Waals surface area contributed by atoms with Crippen LogP contribution in [-0.2, 0) is 4.84 Å². The molecule has 5 nitrogen and oxygen atoms in total. The lowest BCUT2D eigenvalue weighted by Crippen LogP contribution is -2.32. The molecule has 1 aliphatic rings. The second-order valence-electron chi connectivity index (χ2n) is 4.34. The number of amides is 2. The predicted octanol–water partition coefficient (Wildman–Crippen LogP) is 2.66. The number of halogens is 1. The van der Waals surface area contributed by atoms with Crippen molar-refractivity contribution in [3.8, 4) is 0 Å². The van der Waals surface area contributed by atoms with E-state index in [1.807, 2.05) is 0 Å². The summed E-state index contributed by atoms with van der Waals surface area (Å²) in [4.78, 5) is 41.0. The highest BCUT2D eigenvalue weighted by molar-refractivity contribution is 14.1. The van der Waals surface area contributed by atoms with E-state index in [1.165, 1.54) is 12.1 Å². The normalized spacial score (nSPS) is 13.3. The Hall–Kier alpha value is -2.22. The fourth-order valence-electron chi connectivity index (χ4n) is 1.97. The van der Waals surface area contributed by atoms with Crippen molar-refractivity contribution in [1.82, 2.24) is 5.06 Å². The summed E-state index contributed by atoms with van der Waals surface area (Å²) in [7, 11) is 0. The summed E-state index contributed by atoms with van der Waals surface area (Å²) in [5.41, 5.74) is 0.739. The van der Waals surface area contributed by atoms with E-state index in [0.717, 1.165) is 3.57 Å². The average molecular weight is 393 g/mol. The average Bonchev–Trinajstić information content (AvgIpc) is 2.73. The van der Waals surface area contributed by atoms with E-state index >= 15 is 0 Å². The Morgan fingerprint density at radius 3 is 1.95 bits per heavy atom. The van der Waals surface area contributed by atoms with E-state index in [-0.39, 0.29) is 16.7 Å². The molecule has 0 radical (unpaired) electrons. The van der Waals surface area contributed by atoms with Crippen LogP contribution in [0.4, 0.5) is 0 Å². The van der Waals surface area contributed by atoms with Gasteiger partial charge in [-0.3, -0.25) is 9.59 Å². The van der Waals surface area contributed by atoms with E-state index in [4.69, 9.17) is 4.84 Å². The van der Waals surface area contributed by atoms with Gasteiger partial charge in [-0.1, -0.05) is 17.2 Å². The first-order valence-electron chi connectivity index (χ1n) is 6.03. The lowest BCUT2D eigenvalue weighted by atomic mass is 10.1. The van der Waals surface area contributed by atoms with Crippen molar-refractivity contribution in [3.63, 3.8) is 0 Å². The van der Waals surface area contributed by atoms with Crippen LogP contribution in [0, 0.1) is 3.57 Å². The smallest absolute Gasteiger partial charge is 0.324 e. The fraction of sp³-hybridized carbons (Fsp3) is 0. The molecule has 2 amide bonds. The molecule has 1 heterocycles. The molecule has 0 saturated carbocycles. The number of carbonyl (C=O) groups excluding carboxylic acids is 3. The monoisotopic (exact) mass is 393 g/mol. The minimum Gasteiger partial charge on any atom is -0.324 e. The number of hydroxylamine groups is 2. The second kappa shape index (κ2) is 5.28. The zero-order valence-corrected chi connectivity index (χ0v) is 12.7. The van der Waals surface area contributed by atoms with Gasteiger partial charge < -0.3 is 4.84 Å². The fourth-order valence-corrected chi connectivity index (χ4v) is 2.33. The molecule has 0 aliphatic carbocycles. The maximum absolute atomic E-state index is 12.1. The summed E-state index contributed by atoms with van der Waals surface area (Å²) in [6.45, 7) is 0. The van der Waals surface area contributed by atoms with Crippen LogP contribution in [0.1, 0.15) is 31.1 Å². The Morgan fingerprint density at radius 2 is 1.43 bits per heavy atom. The summed E-state index contributed by atoms with van der Waals surface area (Å²) in [5.74, 6) is -2.01. The third-order valence-corrected chi connectivity index (χ3v) is 3.73. The molecule has 2 aromatic rings. The van der Waals surface area contributed by atoms with Gasteiger partial charge in [-0.2, -0.15) is 0 Å². The zero-order valence-electron chi connectivity index (χ0n) is 10.6. The first-order chi connectivity index (χ1) is 10.1. The predicted molar refractivity (Wildman–Crippen MR) is 81.5 cm³/mol. The van der Waals surface area contributed by atoms with Gasteiger partial charge in [-0.05, 0) is 59.0 Å². The van der Waals surface area contributed by atoms with Crippen LogP contribution in [0.2, 0.25) is 0 Å². The van der Waals surface area contributed by atoms with Crippen molar-refractivity contribution < 1.29 is 19.2 Å². The Bertz CT molecular complexity index is 720. The first kappa shape index (κ1) is 13.7. The summed E-state index contributed by atoms with van der Waals surface area (Å²) < 4.78 is 0.963. The van der Waals surface area contributed by atoms with Gasteiger partial charge in [0.15, 0.2) is 0 Å². The largest absolute Gasteiger partial charge is 0.363 e. The lowest BCUT2D eigenvalue weighted by Gasteiger charge is -2.12. The van der Waals surface area contributed by atoms with Gasteiger partial charge in [0.1, 0.15) is 0 Å². The molecule has 6 heteroatoms. The highest BCUT2D eigenvalue weighted by atomic mass is 127. The molecule has 1 aliphatic heterocycles. The Balaban J connectivity index is 1.84. The topological polar surface area (TPSA) is 63.7 Å². The summed E-state index contributed by atoms with van der Waals surface area (Å²) in [6, 6.07) is 13.0. The van der Waals surface area contributed by atoms with Crippen LogP contribution in [0.25, 0.3) is 0 Å². The number of benzene rings is 2. The molecule has 0 spiro atoms. The van der Waals surface area contributed by atoms with Crippen LogP contribution in [-0.4, -0.2) is 22.8 Å². The third-order valence-electron chi connectivity index (χ3n) is 3.01. The van der Waals surface area contributed by atoms with Gasteiger partial charge in [0.2, 0.25) is 0 Å². The molecule has 0 aromatic heterocycles. The van der Waals surface area contributed by atoms with E-state index in [1.54, 1.807) is 36.4 Å². The van der Waals surface area contributed by atoms with Crippen molar-refractivity contribution in [2.24, 2.45) is 0 Å². The molecule has 0 atom stereocenters. The maximum atomic E-state index is 12.1. The number of nitrogens with zero attached hydrogens (tertiary/aromatic N) is 1. The Kier molecular flexibility index (Phi) is 3.46. The Labute approximate surface area is 133 Å². The minimum absolute atomic E-state index is 0.234. The van der Waals surface area contributed by atoms with Gasteiger partial charge in [-0.15, -0.1) is 0 Å². The Morgan fingerprint density at radius 1 is 0.905 bits per heavy atom. The molecule has 0 N–H and O–H groups in total. The summed E-state index contributed by atoms with van der Waals surface area (Å²) >= 11 is 2.11. The molecule has 104 valence electrons. The van der Waals surface area contributed by atoms with Gasteiger partial charge >= 0.3 is 5.97 Å². The van der Waals surface area contributed by atoms with Crippen LogP contribution in [0.3, 0.4) is 0 Å². The number of hydrogen-bond acceptors (Lipinski definition) is 4. The zero-order chi connectivity index (χ0) is 15.0. The number of fused-ring (bicyclic) bond motifs is 1. The number of rotatable bonds is 2. The van der Waals surface area contributed by atoms with Crippen molar-refractivity contribution in [3.05, 3.63) is 68.8 Å². The number of hydrogen-bond donors (Lipinski definition) is 0. The third kappa shape index (κ3) is 2.42. The maximum Gasteiger partial charge on any atom is 0.363 e. The quantitative estimate of drug-likeness (QED) is 0.582.